The second-order valence-electron chi connectivity index (χ2n) is 3.22. The van der Waals surface area contributed by atoms with Gasteiger partial charge in [0.25, 0.3) is 5.56 Å². The molecular formula is C11H7N3O. The molecule has 0 fully saturated rings. The first-order chi connectivity index (χ1) is 7.36. The van der Waals surface area contributed by atoms with Crippen LogP contribution >= 0.6 is 0 Å². The van der Waals surface area contributed by atoms with Crippen LogP contribution in [-0.4, -0.2) is 14.4 Å². The minimum Gasteiger partial charge on any atom is -0.266 e. The molecule has 0 saturated heterocycles. The summed E-state index contributed by atoms with van der Waals surface area (Å²) >= 11 is 0. The molecule has 0 aliphatic heterocycles. The van der Waals surface area contributed by atoms with Crippen molar-refractivity contribution in [3.63, 3.8) is 0 Å². The highest BCUT2D eigenvalue weighted by atomic mass is 16.1. The summed E-state index contributed by atoms with van der Waals surface area (Å²) in [6.07, 6.45) is 3.29. The summed E-state index contributed by atoms with van der Waals surface area (Å²) in [4.78, 5) is 20.3. The number of rotatable bonds is 0. The maximum absolute atomic E-state index is 11.9. The zero-order valence-corrected chi connectivity index (χ0v) is 7.79. The van der Waals surface area contributed by atoms with E-state index >= 15 is 0 Å². The van der Waals surface area contributed by atoms with Gasteiger partial charge in [-0.3, -0.25) is 9.20 Å². The summed E-state index contributed by atoms with van der Waals surface area (Å²) in [5.74, 6) is 0. The lowest BCUT2D eigenvalue weighted by molar-refractivity contribution is 1.06. The molecule has 4 nitrogen and oxygen atoms in total. The van der Waals surface area contributed by atoms with Crippen LogP contribution < -0.4 is 5.56 Å². The first-order valence-electron chi connectivity index (χ1n) is 4.58. The van der Waals surface area contributed by atoms with Crippen LogP contribution in [0.1, 0.15) is 0 Å². The summed E-state index contributed by atoms with van der Waals surface area (Å²) in [6, 6.07) is 9.01. The van der Waals surface area contributed by atoms with Crippen LogP contribution in [0.15, 0.2) is 47.5 Å². The molecule has 0 unspecified atom stereocenters. The average Bonchev–Trinajstić information content (AvgIpc) is 2.30. The largest absolute Gasteiger partial charge is 0.284 e. The van der Waals surface area contributed by atoms with Crippen molar-refractivity contribution in [1.29, 1.82) is 0 Å². The Bertz CT molecular complexity index is 646. The molecule has 0 amide bonds. The van der Waals surface area contributed by atoms with Crippen LogP contribution in [0.3, 0.4) is 0 Å². The van der Waals surface area contributed by atoms with E-state index in [1.165, 1.54) is 4.40 Å². The molecule has 0 spiro atoms. The van der Waals surface area contributed by atoms with E-state index in [9.17, 15) is 4.79 Å². The molecule has 3 aromatic rings. The molecule has 4 heteroatoms. The second kappa shape index (κ2) is 2.88. The van der Waals surface area contributed by atoms with Crippen LogP contribution in [0, 0.1) is 0 Å². The number of nitrogens with zero attached hydrogens (tertiary/aromatic N) is 3. The fraction of sp³-hybridized carbons (Fsp3) is 0. The molecule has 72 valence electrons. The molecule has 0 saturated carbocycles. The van der Waals surface area contributed by atoms with Crippen LogP contribution in [0.25, 0.3) is 16.7 Å². The highest BCUT2D eigenvalue weighted by Crippen LogP contribution is 2.05. The van der Waals surface area contributed by atoms with Gasteiger partial charge < -0.3 is 0 Å². The van der Waals surface area contributed by atoms with Crippen LogP contribution in [0.5, 0.6) is 0 Å². The Morgan fingerprint density at radius 1 is 1.13 bits per heavy atom. The summed E-state index contributed by atoms with van der Waals surface area (Å²) in [5.41, 5.74) is 1.55. The first kappa shape index (κ1) is 8.11. The van der Waals surface area contributed by atoms with E-state index in [1.54, 1.807) is 36.7 Å². The Morgan fingerprint density at radius 3 is 3.00 bits per heavy atom. The van der Waals surface area contributed by atoms with Gasteiger partial charge >= 0.3 is 0 Å². The third-order valence-electron chi connectivity index (χ3n) is 2.28. The van der Waals surface area contributed by atoms with Gasteiger partial charge in [0.2, 0.25) is 0 Å². The monoisotopic (exact) mass is 197 g/mol. The molecule has 3 rings (SSSR count). The maximum Gasteiger partial charge on any atom is 0.284 e. The molecule has 3 heterocycles. The predicted octanol–water partition coefficient (Wildman–Crippen LogP) is 1.24. The van der Waals surface area contributed by atoms with E-state index in [2.05, 4.69) is 9.97 Å². The molecule has 0 aliphatic carbocycles. The molecule has 3 aromatic heterocycles. The lowest BCUT2D eigenvalue weighted by Crippen LogP contribution is -2.15. The van der Waals surface area contributed by atoms with Gasteiger partial charge in [0, 0.05) is 12.4 Å². The minimum atomic E-state index is -0.129. The van der Waals surface area contributed by atoms with E-state index in [0.717, 1.165) is 0 Å². The Hall–Kier alpha value is -2.23. The van der Waals surface area contributed by atoms with E-state index in [4.69, 9.17) is 0 Å². The van der Waals surface area contributed by atoms with Gasteiger partial charge in [0.05, 0.1) is 5.52 Å². The third-order valence-corrected chi connectivity index (χ3v) is 2.28. The van der Waals surface area contributed by atoms with Gasteiger partial charge in [0.15, 0.2) is 5.52 Å². The van der Waals surface area contributed by atoms with Crippen molar-refractivity contribution in [1.82, 2.24) is 14.4 Å². The fourth-order valence-electron chi connectivity index (χ4n) is 1.59. The second-order valence-corrected chi connectivity index (χ2v) is 3.22. The normalized spacial score (nSPS) is 10.9. The van der Waals surface area contributed by atoms with Crippen molar-refractivity contribution in [2.24, 2.45) is 0 Å². The number of hydrogen-bond donors (Lipinski definition) is 0. The first-order valence-corrected chi connectivity index (χ1v) is 4.58. The van der Waals surface area contributed by atoms with Crippen molar-refractivity contribution in [2.75, 3.05) is 0 Å². The summed E-state index contributed by atoms with van der Waals surface area (Å²) in [7, 11) is 0. The molecule has 0 aromatic carbocycles. The topological polar surface area (TPSA) is 47.3 Å². The van der Waals surface area contributed by atoms with Crippen molar-refractivity contribution in [3.8, 4) is 0 Å². The predicted molar refractivity (Wildman–Crippen MR) is 56.8 cm³/mol. The van der Waals surface area contributed by atoms with Gasteiger partial charge in [-0.15, -0.1) is 0 Å². The third kappa shape index (κ3) is 1.11. The van der Waals surface area contributed by atoms with E-state index < -0.39 is 0 Å². The van der Waals surface area contributed by atoms with Gasteiger partial charge in [-0.1, -0.05) is 6.07 Å². The van der Waals surface area contributed by atoms with Gasteiger partial charge in [-0.05, 0) is 24.3 Å². The Labute approximate surface area is 84.8 Å². The van der Waals surface area contributed by atoms with E-state index in [0.29, 0.717) is 16.7 Å². The van der Waals surface area contributed by atoms with Crippen LogP contribution in [-0.2, 0) is 0 Å². The summed E-state index contributed by atoms with van der Waals surface area (Å²) in [5, 5.41) is 0. The highest BCUT2D eigenvalue weighted by Gasteiger charge is 2.03. The average molecular weight is 197 g/mol. The zero-order chi connectivity index (χ0) is 10.3. The molecule has 0 N–H and O–H groups in total. The van der Waals surface area contributed by atoms with Crippen molar-refractivity contribution < 1.29 is 0 Å². The summed E-state index contributed by atoms with van der Waals surface area (Å²) in [6.45, 7) is 0. The van der Waals surface area contributed by atoms with Gasteiger partial charge in [0.1, 0.15) is 5.65 Å². The molecular weight excluding hydrogens is 190 g/mol. The number of pyridine rings is 2. The molecule has 0 bridgehead atoms. The maximum atomic E-state index is 11.9. The number of fused-ring (bicyclic) bond motifs is 2. The Morgan fingerprint density at radius 2 is 2.07 bits per heavy atom. The van der Waals surface area contributed by atoms with E-state index in [1.807, 2.05) is 6.07 Å². The SMILES string of the molecule is O=c1c2ncccc2nc2ccccn12. The molecule has 0 radical (unpaired) electrons. The molecule has 15 heavy (non-hydrogen) atoms. The Balaban J connectivity index is 2.66. The number of aromatic nitrogens is 3. The van der Waals surface area contributed by atoms with Crippen molar-refractivity contribution >= 4 is 16.7 Å². The lowest BCUT2D eigenvalue weighted by atomic mass is 10.3. The van der Waals surface area contributed by atoms with Gasteiger partial charge in [-0.25, -0.2) is 9.97 Å². The highest BCUT2D eigenvalue weighted by molar-refractivity contribution is 5.74. The molecule has 0 aliphatic rings. The fourth-order valence-corrected chi connectivity index (χ4v) is 1.59. The standard InChI is InChI=1S/C11H7N3O/c15-11-10-8(4-3-6-12-10)13-9-5-1-2-7-14(9)11/h1-7H. The van der Waals surface area contributed by atoms with Crippen molar-refractivity contribution in [3.05, 3.63) is 53.1 Å². The Kier molecular flexibility index (Phi) is 1.56. The van der Waals surface area contributed by atoms with Crippen molar-refractivity contribution in [2.45, 2.75) is 0 Å². The quantitative estimate of drug-likeness (QED) is 0.509. The zero-order valence-electron chi connectivity index (χ0n) is 7.79. The molecule has 0 atom stereocenters. The van der Waals surface area contributed by atoms with E-state index in [-0.39, 0.29) is 5.56 Å². The smallest absolute Gasteiger partial charge is 0.266 e. The minimum absolute atomic E-state index is 0.129. The lowest BCUT2D eigenvalue weighted by Gasteiger charge is -2.00. The van der Waals surface area contributed by atoms with Crippen LogP contribution in [0.2, 0.25) is 0 Å². The van der Waals surface area contributed by atoms with Gasteiger partial charge in [-0.2, -0.15) is 0 Å². The van der Waals surface area contributed by atoms with Crippen LogP contribution in [0.4, 0.5) is 0 Å². The number of hydrogen-bond acceptors (Lipinski definition) is 3. The summed E-state index contributed by atoms with van der Waals surface area (Å²) < 4.78 is 1.50.